The van der Waals surface area contributed by atoms with Crippen molar-refractivity contribution in [3.8, 4) is 11.5 Å². The fraction of sp³-hybridized carbons (Fsp3) is 0.0769. The molecule has 21 heavy (non-hydrogen) atoms. The average Bonchev–Trinajstić information content (AvgIpc) is 2.44. The van der Waals surface area contributed by atoms with Gasteiger partial charge < -0.3 is 8.92 Å². The van der Waals surface area contributed by atoms with Crippen molar-refractivity contribution in [1.29, 1.82) is 0 Å². The van der Waals surface area contributed by atoms with Gasteiger partial charge in [0.05, 0.1) is 7.11 Å². The molecular formula is C13H9F3O4S. The smallest absolute Gasteiger partial charge is 0.342 e. The monoisotopic (exact) mass is 318 g/mol. The van der Waals surface area contributed by atoms with Crippen LogP contribution in [0.1, 0.15) is 0 Å². The molecule has 0 unspecified atom stereocenters. The summed E-state index contributed by atoms with van der Waals surface area (Å²) in [6, 6.07) is 6.81. The number of para-hydroxylation sites is 2. The third-order valence-corrected chi connectivity index (χ3v) is 3.79. The van der Waals surface area contributed by atoms with Gasteiger partial charge in [-0.05, 0) is 24.3 Å². The summed E-state index contributed by atoms with van der Waals surface area (Å²) in [5, 5.41) is 0. The molecule has 0 spiro atoms. The van der Waals surface area contributed by atoms with Gasteiger partial charge in [-0.15, -0.1) is 0 Å². The summed E-state index contributed by atoms with van der Waals surface area (Å²) in [6.45, 7) is 0. The van der Waals surface area contributed by atoms with E-state index in [1.54, 1.807) is 6.07 Å². The van der Waals surface area contributed by atoms with Crippen LogP contribution in [0.5, 0.6) is 11.5 Å². The second-order valence-corrected chi connectivity index (χ2v) is 5.38. The van der Waals surface area contributed by atoms with E-state index in [1.165, 1.54) is 25.3 Å². The summed E-state index contributed by atoms with van der Waals surface area (Å²) in [5.41, 5.74) is 0. The summed E-state index contributed by atoms with van der Waals surface area (Å²) in [5.74, 6) is -5.35. The maximum atomic E-state index is 13.5. The third kappa shape index (κ3) is 2.94. The molecular weight excluding hydrogens is 309 g/mol. The molecule has 0 saturated carbocycles. The topological polar surface area (TPSA) is 52.6 Å². The van der Waals surface area contributed by atoms with E-state index < -0.39 is 32.5 Å². The zero-order chi connectivity index (χ0) is 15.6. The minimum absolute atomic E-state index is 0.0871. The Hall–Kier alpha value is -2.22. The summed E-state index contributed by atoms with van der Waals surface area (Å²) in [4.78, 5) is -1.10. The van der Waals surface area contributed by atoms with Crippen LogP contribution >= 0.6 is 0 Å². The maximum absolute atomic E-state index is 13.5. The first-order chi connectivity index (χ1) is 9.86. The molecule has 0 bridgehead atoms. The Kier molecular flexibility index (Phi) is 4.08. The molecule has 0 aromatic heterocycles. The van der Waals surface area contributed by atoms with Crippen molar-refractivity contribution in [1.82, 2.24) is 0 Å². The quantitative estimate of drug-likeness (QED) is 0.642. The molecule has 0 fully saturated rings. The van der Waals surface area contributed by atoms with Crippen LogP contribution in [0, 0.1) is 17.5 Å². The van der Waals surface area contributed by atoms with Crippen LogP contribution in [0.2, 0.25) is 0 Å². The van der Waals surface area contributed by atoms with Crippen molar-refractivity contribution in [3.63, 3.8) is 0 Å². The molecule has 0 heterocycles. The lowest BCUT2D eigenvalue weighted by atomic mass is 10.3. The minimum atomic E-state index is -4.68. The van der Waals surface area contributed by atoms with Crippen LogP contribution in [0.3, 0.4) is 0 Å². The highest BCUT2D eigenvalue weighted by atomic mass is 32.2. The number of hydrogen-bond donors (Lipinski definition) is 0. The van der Waals surface area contributed by atoms with Crippen molar-refractivity contribution in [2.24, 2.45) is 0 Å². The predicted octanol–water partition coefficient (Wildman–Crippen LogP) is 2.88. The Bertz CT molecular complexity index is 775. The molecule has 2 rings (SSSR count). The van der Waals surface area contributed by atoms with Gasteiger partial charge in [0.25, 0.3) is 0 Å². The standard InChI is InChI=1S/C13H9F3O4S/c1-19-9-4-2-3-5-10(9)20-21(17,18)11-7-6-8(14)12(15)13(11)16/h2-7H,1H3. The van der Waals surface area contributed by atoms with Crippen molar-refractivity contribution >= 4 is 10.1 Å². The van der Waals surface area contributed by atoms with E-state index in [1.807, 2.05) is 0 Å². The average molecular weight is 318 g/mol. The lowest BCUT2D eigenvalue weighted by molar-refractivity contribution is 0.387. The minimum Gasteiger partial charge on any atom is -0.493 e. The molecule has 4 nitrogen and oxygen atoms in total. The molecule has 112 valence electrons. The van der Waals surface area contributed by atoms with E-state index in [4.69, 9.17) is 8.92 Å². The highest BCUT2D eigenvalue weighted by Crippen LogP contribution is 2.30. The SMILES string of the molecule is COc1ccccc1OS(=O)(=O)c1ccc(F)c(F)c1F. The molecule has 8 heteroatoms. The molecule has 0 N–H and O–H groups in total. The predicted molar refractivity (Wildman–Crippen MR) is 67.1 cm³/mol. The number of benzene rings is 2. The first-order valence-electron chi connectivity index (χ1n) is 5.58. The van der Waals surface area contributed by atoms with Crippen molar-refractivity contribution in [2.75, 3.05) is 7.11 Å². The normalized spacial score (nSPS) is 11.2. The van der Waals surface area contributed by atoms with E-state index in [0.29, 0.717) is 12.1 Å². The largest absolute Gasteiger partial charge is 0.493 e. The first-order valence-corrected chi connectivity index (χ1v) is 6.98. The lowest BCUT2D eigenvalue weighted by Crippen LogP contribution is -2.13. The summed E-state index contributed by atoms with van der Waals surface area (Å²) >= 11 is 0. The summed E-state index contributed by atoms with van der Waals surface area (Å²) in [6.07, 6.45) is 0. The molecule has 2 aromatic rings. The summed E-state index contributed by atoms with van der Waals surface area (Å²) in [7, 11) is -3.39. The fourth-order valence-corrected chi connectivity index (χ4v) is 2.56. The Morgan fingerprint density at radius 2 is 1.52 bits per heavy atom. The number of ether oxygens (including phenoxy) is 1. The van der Waals surface area contributed by atoms with Gasteiger partial charge in [0.2, 0.25) is 0 Å². The van der Waals surface area contributed by atoms with Gasteiger partial charge in [-0.1, -0.05) is 12.1 Å². The van der Waals surface area contributed by atoms with Gasteiger partial charge in [-0.25, -0.2) is 13.2 Å². The fourth-order valence-electron chi connectivity index (χ4n) is 1.55. The molecule has 0 amide bonds. The molecule has 0 aliphatic rings. The Morgan fingerprint density at radius 1 is 0.905 bits per heavy atom. The third-order valence-electron chi connectivity index (χ3n) is 2.54. The van der Waals surface area contributed by atoms with Crippen LogP contribution in [0.4, 0.5) is 13.2 Å². The van der Waals surface area contributed by atoms with E-state index in [2.05, 4.69) is 0 Å². The maximum Gasteiger partial charge on any atom is 0.342 e. The molecule has 0 aliphatic carbocycles. The van der Waals surface area contributed by atoms with Gasteiger partial charge in [-0.2, -0.15) is 8.42 Å². The zero-order valence-corrected chi connectivity index (χ0v) is 11.5. The van der Waals surface area contributed by atoms with Crippen LogP contribution in [0.15, 0.2) is 41.3 Å². The second kappa shape index (κ2) is 5.65. The Labute approximate surface area is 118 Å². The molecule has 0 aliphatic heterocycles. The van der Waals surface area contributed by atoms with Crippen molar-refractivity contribution in [3.05, 3.63) is 53.8 Å². The van der Waals surface area contributed by atoms with Crippen molar-refractivity contribution in [2.45, 2.75) is 4.90 Å². The number of hydrogen-bond acceptors (Lipinski definition) is 4. The van der Waals surface area contributed by atoms with Crippen LogP contribution in [-0.4, -0.2) is 15.5 Å². The van der Waals surface area contributed by atoms with E-state index in [-0.39, 0.29) is 11.5 Å². The van der Waals surface area contributed by atoms with E-state index >= 15 is 0 Å². The Balaban J connectivity index is 2.46. The van der Waals surface area contributed by atoms with Gasteiger partial charge in [-0.3, -0.25) is 0 Å². The highest BCUT2D eigenvalue weighted by Gasteiger charge is 2.26. The van der Waals surface area contributed by atoms with Gasteiger partial charge in [0, 0.05) is 0 Å². The van der Waals surface area contributed by atoms with Crippen LogP contribution in [0.25, 0.3) is 0 Å². The molecule has 0 radical (unpaired) electrons. The second-order valence-electron chi connectivity index (χ2n) is 3.86. The molecule has 2 aromatic carbocycles. The molecule has 0 saturated heterocycles. The first kappa shape index (κ1) is 15.2. The highest BCUT2D eigenvalue weighted by molar-refractivity contribution is 7.87. The van der Waals surface area contributed by atoms with E-state index in [0.717, 1.165) is 0 Å². The number of methoxy groups -OCH3 is 1. The van der Waals surface area contributed by atoms with Crippen molar-refractivity contribution < 1.29 is 30.5 Å². The Morgan fingerprint density at radius 3 is 2.14 bits per heavy atom. The van der Waals surface area contributed by atoms with Crippen LogP contribution < -0.4 is 8.92 Å². The van der Waals surface area contributed by atoms with Gasteiger partial charge >= 0.3 is 10.1 Å². The molecule has 0 atom stereocenters. The van der Waals surface area contributed by atoms with Crippen LogP contribution in [-0.2, 0) is 10.1 Å². The summed E-state index contributed by atoms with van der Waals surface area (Å²) < 4.78 is 73.0. The van der Waals surface area contributed by atoms with Gasteiger partial charge in [0.1, 0.15) is 4.90 Å². The van der Waals surface area contributed by atoms with Gasteiger partial charge in [0.15, 0.2) is 29.0 Å². The number of rotatable bonds is 4. The number of halogens is 3. The zero-order valence-electron chi connectivity index (χ0n) is 10.6. The lowest BCUT2D eigenvalue weighted by Gasteiger charge is -2.11. The van der Waals surface area contributed by atoms with E-state index in [9.17, 15) is 21.6 Å².